The van der Waals surface area contributed by atoms with Crippen LogP contribution in [-0.2, 0) is 20.7 Å². The smallest absolute Gasteiger partial charge is 0.410 e. The number of unbranched alkanes of at least 4 members (excludes halogenated alkanes) is 28. The van der Waals surface area contributed by atoms with Gasteiger partial charge in [-0.25, -0.2) is 4.79 Å². The van der Waals surface area contributed by atoms with Gasteiger partial charge in [0.15, 0.2) is 0 Å². The van der Waals surface area contributed by atoms with E-state index in [0.717, 1.165) is 70.0 Å². The van der Waals surface area contributed by atoms with Crippen LogP contribution in [0, 0.1) is 5.92 Å². The second kappa shape index (κ2) is 41.6. The Morgan fingerprint density at radius 1 is 0.484 bits per heavy atom. The molecule has 1 amide bonds. The molecule has 0 saturated heterocycles. The van der Waals surface area contributed by atoms with Crippen LogP contribution in [0.5, 0.6) is 0 Å². The number of likely N-dealkylation sites (N-methyl/N-ethyl adjacent to an activating group) is 1. The van der Waals surface area contributed by atoms with Gasteiger partial charge in [0.2, 0.25) is 0 Å². The number of benzene rings is 1. The SMILES string of the molecule is CCCCCCCCCCCCCCCC(CCCCCCCCCCCCCCC)N(CCCCCCCOC(=O)C(C)c1ccc(CC(C)C)cc1)C(=O)OCCN(C)C. The molecule has 1 aromatic carbocycles. The first-order valence-corrected chi connectivity index (χ1v) is 27.0. The predicted octanol–water partition coefficient (Wildman–Crippen LogP) is 16.8. The third-order valence-corrected chi connectivity index (χ3v) is 13.0. The minimum atomic E-state index is -0.251. The van der Waals surface area contributed by atoms with Crippen LogP contribution in [0.15, 0.2) is 24.3 Å². The summed E-state index contributed by atoms with van der Waals surface area (Å²) in [6.45, 7) is 13.4. The van der Waals surface area contributed by atoms with Crippen LogP contribution in [-0.4, -0.2) is 68.3 Å². The molecule has 0 bridgehead atoms. The van der Waals surface area contributed by atoms with Crippen molar-refractivity contribution < 1.29 is 19.1 Å². The lowest BCUT2D eigenvalue weighted by atomic mass is 9.97. The fourth-order valence-corrected chi connectivity index (χ4v) is 8.84. The average Bonchev–Trinajstić information content (AvgIpc) is 3.25. The van der Waals surface area contributed by atoms with Crippen LogP contribution in [0.4, 0.5) is 4.79 Å². The van der Waals surface area contributed by atoms with Gasteiger partial charge in [-0.05, 0) is 70.2 Å². The summed E-state index contributed by atoms with van der Waals surface area (Å²) >= 11 is 0. The molecule has 0 saturated carbocycles. The van der Waals surface area contributed by atoms with Crippen molar-refractivity contribution in [2.24, 2.45) is 5.92 Å². The largest absolute Gasteiger partial charge is 0.465 e. The van der Waals surface area contributed by atoms with E-state index in [0.29, 0.717) is 19.1 Å². The van der Waals surface area contributed by atoms with Crippen molar-refractivity contribution in [1.29, 1.82) is 0 Å². The fourth-order valence-electron chi connectivity index (χ4n) is 8.84. The number of hydrogen-bond donors (Lipinski definition) is 0. The third-order valence-electron chi connectivity index (χ3n) is 13.0. The third kappa shape index (κ3) is 33.4. The highest BCUT2D eigenvalue weighted by Crippen LogP contribution is 2.23. The van der Waals surface area contributed by atoms with Crippen molar-refractivity contribution in [3.05, 3.63) is 35.4 Å². The first kappa shape index (κ1) is 57.9. The normalized spacial score (nSPS) is 12.2. The molecule has 362 valence electrons. The minimum absolute atomic E-state index is 0.114. The molecule has 1 atom stereocenters. The topological polar surface area (TPSA) is 59.1 Å². The van der Waals surface area contributed by atoms with Crippen molar-refractivity contribution in [2.45, 2.75) is 265 Å². The van der Waals surface area contributed by atoms with Crippen LogP contribution in [0.2, 0.25) is 0 Å². The lowest BCUT2D eigenvalue weighted by Gasteiger charge is -2.32. The van der Waals surface area contributed by atoms with Crippen LogP contribution in [0.1, 0.15) is 264 Å². The van der Waals surface area contributed by atoms with E-state index in [9.17, 15) is 9.59 Å². The zero-order valence-corrected chi connectivity index (χ0v) is 42.4. The molecule has 62 heavy (non-hydrogen) atoms. The molecule has 1 unspecified atom stereocenters. The van der Waals surface area contributed by atoms with E-state index in [4.69, 9.17) is 9.47 Å². The molecule has 0 aromatic heterocycles. The van der Waals surface area contributed by atoms with Gasteiger partial charge in [0.05, 0.1) is 12.5 Å². The van der Waals surface area contributed by atoms with E-state index < -0.39 is 0 Å². The van der Waals surface area contributed by atoms with Crippen molar-refractivity contribution in [3.63, 3.8) is 0 Å². The first-order valence-electron chi connectivity index (χ1n) is 27.0. The number of amides is 1. The Labute approximate surface area is 386 Å². The molecule has 0 heterocycles. The van der Waals surface area contributed by atoms with Gasteiger partial charge >= 0.3 is 12.1 Å². The maximum atomic E-state index is 13.8. The predicted molar refractivity (Wildman–Crippen MR) is 268 cm³/mol. The van der Waals surface area contributed by atoms with Crippen molar-refractivity contribution in [1.82, 2.24) is 9.80 Å². The molecule has 6 heteroatoms. The van der Waals surface area contributed by atoms with Gasteiger partial charge in [-0.15, -0.1) is 0 Å². The second-order valence-electron chi connectivity index (χ2n) is 19.8. The quantitative estimate of drug-likeness (QED) is 0.0483. The molecular formula is C56H104N2O4. The summed E-state index contributed by atoms with van der Waals surface area (Å²) in [7, 11) is 4.07. The van der Waals surface area contributed by atoms with Gasteiger partial charge in [0, 0.05) is 19.1 Å². The standard InChI is InChI=1S/C56H104N2O4/c1-8-10-12-14-16-18-20-22-24-26-28-31-35-39-54(40-36-32-29-27-25-23-21-19-17-15-13-11-9-2)58(56(60)62-48-46-57(6)7)45-37-33-30-34-38-47-61-55(59)51(5)53-43-41-52(42-44-53)49-50(3)4/h41-44,50-51,54H,8-40,45-49H2,1-7H3. The average molecular weight is 869 g/mol. The van der Waals surface area contributed by atoms with Gasteiger partial charge in [0.25, 0.3) is 0 Å². The zero-order valence-electron chi connectivity index (χ0n) is 42.4. The van der Waals surface area contributed by atoms with E-state index in [1.54, 1.807) is 0 Å². The number of carbonyl (C=O) groups is 2. The highest BCUT2D eigenvalue weighted by Gasteiger charge is 2.24. The maximum Gasteiger partial charge on any atom is 0.410 e. The number of nitrogens with zero attached hydrogens (tertiary/aromatic N) is 2. The Morgan fingerprint density at radius 2 is 0.887 bits per heavy atom. The fraction of sp³-hybridized carbons (Fsp3) is 0.857. The summed E-state index contributed by atoms with van der Waals surface area (Å²) in [5.74, 6) is 0.230. The number of hydrogen-bond acceptors (Lipinski definition) is 5. The Kier molecular flexibility index (Phi) is 38.9. The van der Waals surface area contributed by atoms with Gasteiger partial charge in [-0.1, -0.05) is 238 Å². The molecule has 0 radical (unpaired) electrons. The number of carbonyl (C=O) groups excluding carboxylic acids is 2. The van der Waals surface area contributed by atoms with Gasteiger partial charge in [-0.3, -0.25) is 4.79 Å². The zero-order chi connectivity index (χ0) is 45.3. The lowest BCUT2D eigenvalue weighted by Crippen LogP contribution is -2.42. The summed E-state index contributed by atoms with van der Waals surface area (Å²) in [5, 5.41) is 0. The number of rotatable bonds is 44. The minimum Gasteiger partial charge on any atom is -0.465 e. The summed E-state index contributed by atoms with van der Waals surface area (Å²) in [4.78, 5) is 30.8. The van der Waals surface area contributed by atoms with E-state index >= 15 is 0 Å². The molecular weight excluding hydrogens is 765 g/mol. The Hall–Kier alpha value is -2.08. The Bertz CT molecular complexity index is 1110. The van der Waals surface area contributed by atoms with Gasteiger partial charge in [0.1, 0.15) is 6.61 Å². The van der Waals surface area contributed by atoms with E-state index in [2.05, 4.69) is 61.8 Å². The van der Waals surface area contributed by atoms with Crippen LogP contribution >= 0.6 is 0 Å². The van der Waals surface area contributed by atoms with Crippen LogP contribution in [0.3, 0.4) is 0 Å². The second-order valence-corrected chi connectivity index (χ2v) is 19.8. The molecule has 0 fully saturated rings. The van der Waals surface area contributed by atoms with Crippen molar-refractivity contribution >= 4 is 12.1 Å². The van der Waals surface area contributed by atoms with E-state index in [1.165, 1.54) is 173 Å². The van der Waals surface area contributed by atoms with E-state index in [-0.39, 0.29) is 24.0 Å². The summed E-state index contributed by atoms with van der Waals surface area (Å²) in [5.41, 5.74) is 2.34. The summed E-state index contributed by atoms with van der Waals surface area (Å²) in [6.07, 6.45) is 43.5. The van der Waals surface area contributed by atoms with Gasteiger partial charge in [-0.2, -0.15) is 0 Å². The Morgan fingerprint density at radius 3 is 1.31 bits per heavy atom. The summed E-state index contributed by atoms with van der Waals surface area (Å²) in [6, 6.07) is 8.70. The molecule has 0 aliphatic heterocycles. The van der Waals surface area contributed by atoms with Gasteiger partial charge < -0.3 is 19.3 Å². The number of ether oxygens (including phenoxy) is 2. The molecule has 0 aliphatic rings. The molecule has 1 aromatic rings. The van der Waals surface area contributed by atoms with Crippen molar-refractivity contribution in [3.8, 4) is 0 Å². The molecule has 0 aliphatic carbocycles. The highest BCUT2D eigenvalue weighted by molar-refractivity contribution is 5.77. The van der Waals surface area contributed by atoms with Crippen molar-refractivity contribution in [2.75, 3.05) is 40.4 Å². The number of esters is 1. The van der Waals surface area contributed by atoms with Crippen LogP contribution in [0.25, 0.3) is 0 Å². The molecule has 0 spiro atoms. The highest BCUT2D eigenvalue weighted by atomic mass is 16.6. The first-order chi connectivity index (χ1) is 30.2. The van der Waals surface area contributed by atoms with Crippen LogP contribution < -0.4 is 0 Å². The Balaban J connectivity index is 2.61. The molecule has 6 nitrogen and oxygen atoms in total. The lowest BCUT2D eigenvalue weighted by molar-refractivity contribution is -0.145. The monoisotopic (exact) mass is 869 g/mol. The molecule has 0 N–H and O–H groups in total. The maximum absolute atomic E-state index is 13.8. The van der Waals surface area contributed by atoms with E-state index in [1.807, 2.05) is 21.0 Å². The molecule has 1 rings (SSSR count). The summed E-state index contributed by atoms with van der Waals surface area (Å²) < 4.78 is 11.6.